The maximum Gasteiger partial charge on any atom is 0.407 e. The molecule has 0 saturated carbocycles. The maximum absolute atomic E-state index is 13.8. The summed E-state index contributed by atoms with van der Waals surface area (Å²) in [5, 5.41) is 7.40. The van der Waals surface area contributed by atoms with Gasteiger partial charge in [-0.1, -0.05) is 46.8 Å². The molecule has 15 nitrogen and oxygen atoms in total. The number of furan rings is 2. The van der Waals surface area contributed by atoms with E-state index in [1.54, 1.807) is 36.7 Å². The molecule has 15 heteroatoms. The minimum absolute atomic E-state index is 0.0549. The van der Waals surface area contributed by atoms with Gasteiger partial charge < -0.3 is 44.0 Å². The first kappa shape index (κ1) is 40.4. The van der Waals surface area contributed by atoms with Crippen LogP contribution in [0, 0.1) is 11.8 Å². The van der Waals surface area contributed by atoms with Crippen LogP contribution in [0.25, 0.3) is 55.6 Å². The first-order valence-electron chi connectivity index (χ1n) is 20.8. The highest BCUT2D eigenvalue weighted by Gasteiger charge is 2.39. The number of aromatic nitrogens is 4. The summed E-state index contributed by atoms with van der Waals surface area (Å²) in [4.78, 5) is 72.0. The second-order valence-electron chi connectivity index (χ2n) is 16.4. The number of benzene rings is 2. The van der Waals surface area contributed by atoms with Crippen molar-refractivity contribution in [2.45, 2.75) is 90.9 Å². The Hall–Kier alpha value is -6.38. The number of hydrogen-bond acceptors (Lipinski definition) is 9. The lowest BCUT2D eigenvalue weighted by Crippen LogP contribution is -2.51. The number of ether oxygens (including phenoxy) is 1. The molecular weight excluding hydrogens is 765 g/mol. The number of methoxy groups -OCH3 is 1. The average Bonchev–Trinajstić information content (AvgIpc) is 4.10. The molecule has 0 aliphatic carbocycles. The highest BCUT2D eigenvalue weighted by Crippen LogP contribution is 2.42. The van der Waals surface area contributed by atoms with Crippen LogP contribution in [0.2, 0.25) is 0 Å². The molecule has 2 aliphatic rings. The van der Waals surface area contributed by atoms with Crippen LogP contribution in [0.5, 0.6) is 0 Å². The SMILES string of the molecule is CCC(=O)N[C@H](C(=O)N1CCC[C@H]1c1ncc(-c2ccc(-c3ccc(-c4cnc([C@@H]5CCCN5C(=O)[C@@H](NC(=O)OC)C(C)C)[nH]4)c4ccoc34)c3occc23)[nH]1)C(C)C. The molecule has 2 aromatic carbocycles. The number of nitrogens with one attached hydrogen (secondary N) is 4. The summed E-state index contributed by atoms with van der Waals surface area (Å²) in [6.45, 7) is 10.6. The van der Waals surface area contributed by atoms with Gasteiger partial charge in [-0.15, -0.1) is 0 Å². The van der Waals surface area contributed by atoms with Crippen LogP contribution in [-0.2, 0) is 19.1 Å². The Morgan fingerprint density at radius 2 is 1.17 bits per heavy atom. The van der Waals surface area contributed by atoms with Crippen LogP contribution in [0.3, 0.4) is 0 Å². The number of hydrogen-bond donors (Lipinski definition) is 4. The van der Waals surface area contributed by atoms with Crippen molar-refractivity contribution in [3.63, 3.8) is 0 Å². The van der Waals surface area contributed by atoms with Crippen LogP contribution in [0.4, 0.5) is 4.79 Å². The summed E-state index contributed by atoms with van der Waals surface area (Å²) in [6.07, 6.45) is 9.79. The minimum Gasteiger partial charge on any atom is -0.464 e. The molecule has 6 aromatic rings. The van der Waals surface area contributed by atoms with Crippen LogP contribution in [0.15, 0.2) is 70.2 Å². The normalized spacial score (nSPS) is 17.9. The van der Waals surface area contributed by atoms with E-state index in [1.165, 1.54) is 7.11 Å². The molecule has 60 heavy (non-hydrogen) atoms. The Kier molecular flexibility index (Phi) is 11.2. The molecule has 0 bridgehead atoms. The van der Waals surface area contributed by atoms with Crippen molar-refractivity contribution in [1.29, 1.82) is 0 Å². The summed E-state index contributed by atoms with van der Waals surface area (Å²) in [6, 6.07) is 10.2. The van der Waals surface area contributed by atoms with Gasteiger partial charge in [0.2, 0.25) is 17.7 Å². The third-order valence-electron chi connectivity index (χ3n) is 12.0. The molecule has 2 saturated heterocycles. The lowest BCUT2D eigenvalue weighted by atomic mass is 9.96. The summed E-state index contributed by atoms with van der Waals surface area (Å²) in [5.41, 5.74) is 6.49. The average molecular weight is 817 g/mol. The molecule has 4 atom stereocenters. The van der Waals surface area contributed by atoms with Gasteiger partial charge in [-0.3, -0.25) is 14.4 Å². The molecule has 6 heterocycles. The fourth-order valence-corrected chi connectivity index (χ4v) is 8.78. The van der Waals surface area contributed by atoms with Crippen LogP contribution in [-0.4, -0.2) is 85.8 Å². The number of alkyl carbamates (subject to hydrolysis) is 1. The van der Waals surface area contributed by atoms with E-state index < -0.39 is 18.2 Å². The number of aromatic amines is 2. The van der Waals surface area contributed by atoms with Crippen molar-refractivity contribution in [2.75, 3.05) is 20.2 Å². The molecule has 4 N–H and O–H groups in total. The van der Waals surface area contributed by atoms with Crippen LogP contribution in [0.1, 0.15) is 90.5 Å². The van der Waals surface area contributed by atoms with E-state index in [2.05, 4.69) is 20.6 Å². The van der Waals surface area contributed by atoms with E-state index in [4.69, 9.17) is 23.5 Å². The molecule has 0 unspecified atom stereocenters. The molecular formula is C45H52N8O7. The van der Waals surface area contributed by atoms with Gasteiger partial charge in [-0.25, -0.2) is 14.8 Å². The fourth-order valence-electron chi connectivity index (χ4n) is 8.78. The highest BCUT2D eigenvalue weighted by atomic mass is 16.5. The van der Waals surface area contributed by atoms with E-state index in [0.29, 0.717) is 42.3 Å². The molecule has 0 radical (unpaired) electrons. The van der Waals surface area contributed by atoms with E-state index in [0.717, 1.165) is 70.1 Å². The zero-order valence-corrected chi connectivity index (χ0v) is 34.8. The smallest absolute Gasteiger partial charge is 0.407 e. The van der Waals surface area contributed by atoms with Gasteiger partial charge in [0.05, 0.1) is 55.5 Å². The second-order valence-corrected chi connectivity index (χ2v) is 16.4. The molecule has 4 aromatic heterocycles. The first-order valence-corrected chi connectivity index (χ1v) is 20.8. The van der Waals surface area contributed by atoms with Crippen molar-refractivity contribution < 1.29 is 32.7 Å². The van der Waals surface area contributed by atoms with Gasteiger partial charge >= 0.3 is 6.09 Å². The molecule has 8 rings (SSSR count). The number of carbonyl (C=O) groups is 4. The van der Waals surface area contributed by atoms with Crippen LogP contribution >= 0.6 is 0 Å². The van der Waals surface area contributed by atoms with Crippen molar-refractivity contribution >= 4 is 45.8 Å². The lowest BCUT2D eigenvalue weighted by Gasteiger charge is -2.30. The van der Waals surface area contributed by atoms with E-state index in [-0.39, 0.29) is 41.6 Å². The quantitative estimate of drug-likeness (QED) is 0.0951. The van der Waals surface area contributed by atoms with Crippen LogP contribution < -0.4 is 10.6 Å². The predicted molar refractivity (Wildman–Crippen MR) is 225 cm³/mol. The van der Waals surface area contributed by atoms with Gasteiger partial charge in [0.15, 0.2) is 0 Å². The molecule has 314 valence electrons. The zero-order chi connectivity index (χ0) is 42.2. The van der Waals surface area contributed by atoms with Crippen molar-refractivity contribution in [2.24, 2.45) is 11.8 Å². The van der Waals surface area contributed by atoms with E-state index >= 15 is 0 Å². The number of nitrogens with zero attached hydrogens (tertiary/aromatic N) is 4. The highest BCUT2D eigenvalue weighted by molar-refractivity contribution is 6.08. The fraction of sp³-hybridized carbons (Fsp3) is 0.422. The number of likely N-dealkylation sites (tertiary alicyclic amines) is 2. The molecule has 2 aliphatic heterocycles. The second kappa shape index (κ2) is 16.7. The minimum atomic E-state index is -0.720. The number of amides is 4. The Labute approximate surface area is 347 Å². The molecule has 0 spiro atoms. The van der Waals surface area contributed by atoms with Gasteiger partial charge in [0.1, 0.15) is 34.9 Å². The molecule has 4 amide bonds. The summed E-state index contributed by atoms with van der Waals surface area (Å²) in [5.74, 6) is 0.807. The van der Waals surface area contributed by atoms with Crippen molar-refractivity contribution in [3.8, 4) is 33.6 Å². The standard InChI is InChI=1S/C45H52N8O7/c1-7-36(54)50-37(24(2)3)43(55)52-18-8-10-34(52)41-46-22-32(48-41)26-12-14-28(39-30(26)16-20-59-39)29-15-13-27(31-17-21-60-40(29)31)33-23-47-42(49-33)35-11-9-19-53(35)44(56)38(25(4)5)51-45(57)58-6/h12-17,20-25,34-35,37-38H,7-11,18-19H2,1-6H3,(H,46,48)(H,47,49)(H,50,54)(H,51,57)/t34-,35-,37-,38-/m0/s1. The molecule has 2 fully saturated rings. The van der Waals surface area contributed by atoms with Crippen molar-refractivity contribution in [1.82, 2.24) is 40.4 Å². The largest absolute Gasteiger partial charge is 0.464 e. The monoisotopic (exact) mass is 816 g/mol. The Morgan fingerprint density at radius 1 is 0.717 bits per heavy atom. The Morgan fingerprint density at radius 3 is 1.60 bits per heavy atom. The number of carbonyl (C=O) groups excluding carboxylic acids is 4. The van der Waals surface area contributed by atoms with Crippen molar-refractivity contribution in [3.05, 3.63) is 73.0 Å². The van der Waals surface area contributed by atoms with E-state index in [1.807, 2.05) is 69.0 Å². The maximum atomic E-state index is 13.8. The number of fused-ring (bicyclic) bond motifs is 2. The summed E-state index contributed by atoms with van der Waals surface area (Å²) >= 11 is 0. The number of H-pyrrole nitrogens is 2. The zero-order valence-electron chi connectivity index (χ0n) is 34.8. The summed E-state index contributed by atoms with van der Waals surface area (Å²) in [7, 11) is 1.29. The first-order chi connectivity index (χ1) is 29.0. The van der Waals surface area contributed by atoms with Gasteiger partial charge in [0.25, 0.3) is 0 Å². The van der Waals surface area contributed by atoms with Gasteiger partial charge in [-0.05, 0) is 61.8 Å². The third kappa shape index (κ3) is 7.41. The number of imidazole rings is 2. The predicted octanol–water partition coefficient (Wildman–Crippen LogP) is 7.88. The van der Waals surface area contributed by atoms with Gasteiger partial charge in [0, 0.05) is 52.5 Å². The Bertz CT molecular complexity index is 2370. The summed E-state index contributed by atoms with van der Waals surface area (Å²) < 4.78 is 17.1. The van der Waals surface area contributed by atoms with E-state index in [9.17, 15) is 19.2 Å². The topological polar surface area (TPSA) is 192 Å². The number of rotatable bonds is 12. The Balaban J connectivity index is 1.05. The third-order valence-corrected chi connectivity index (χ3v) is 12.0. The lowest BCUT2D eigenvalue weighted by molar-refractivity contribution is -0.138. The van der Waals surface area contributed by atoms with Gasteiger partial charge in [-0.2, -0.15) is 0 Å².